The highest BCUT2D eigenvalue weighted by Gasteiger charge is 2.16. The Morgan fingerprint density at radius 2 is 1.94 bits per heavy atom. The van der Waals surface area contributed by atoms with Crippen molar-refractivity contribution in [3.05, 3.63) is 29.1 Å². The molecule has 0 spiro atoms. The quantitative estimate of drug-likeness (QED) is 0.783. The Hall–Kier alpha value is -1.58. The zero-order valence-electron chi connectivity index (χ0n) is 10.0. The highest BCUT2D eigenvalue weighted by atomic mass is 19.1. The number of hydrogen-bond donors (Lipinski definition) is 1. The number of amides is 1. The molecule has 0 fully saturated rings. The fraction of sp³-hybridized carbons (Fsp3) is 0.417. The van der Waals surface area contributed by atoms with Crippen LogP contribution >= 0.6 is 0 Å². The summed E-state index contributed by atoms with van der Waals surface area (Å²) in [6, 6.07) is 2.75. The van der Waals surface area contributed by atoms with Gasteiger partial charge in [-0.3, -0.25) is 4.79 Å². The van der Waals surface area contributed by atoms with Crippen LogP contribution in [-0.4, -0.2) is 24.9 Å². The fourth-order valence-electron chi connectivity index (χ4n) is 1.47. The van der Waals surface area contributed by atoms with E-state index < -0.39 is 0 Å². The molecular formula is C12H17FN2O. The Morgan fingerprint density at radius 1 is 1.38 bits per heavy atom. The third-order valence-electron chi connectivity index (χ3n) is 2.43. The van der Waals surface area contributed by atoms with Gasteiger partial charge in [0.1, 0.15) is 5.82 Å². The molecule has 0 unspecified atom stereocenters. The van der Waals surface area contributed by atoms with Gasteiger partial charge in [0, 0.05) is 19.8 Å². The van der Waals surface area contributed by atoms with Crippen LogP contribution in [0.25, 0.3) is 0 Å². The Morgan fingerprint density at radius 3 is 2.38 bits per heavy atom. The van der Waals surface area contributed by atoms with Gasteiger partial charge in [0.15, 0.2) is 0 Å². The molecule has 2 N–H and O–H groups in total. The molecule has 0 aliphatic heterocycles. The normalized spacial score (nSPS) is 10.6. The van der Waals surface area contributed by atoms with Crippen molar-refractivity contribution in [3.8, 4) is 0 Å². The molecule has 88 valence electrons. The van der Waals surface area contributed by atoms with Crippen LogP contribution in [0.4, 0.5) is 10.1 Å². The maximum Gasteiger partial charge on any atom is 0.255 e. The van der Waals surface area contributed by atoms with Crippen LogP contribution in [0.1, 0.15) is 35.7 Å². The smallest absolute Gasteiger partial charge is 0.255 e. The number of carbonyl (C=O) groups is 1. The largest absolute Gasteiger partial charge is 0.398 e. The standard InChI is InChI=1S/C12H17FN2O/c1-7(2)8-5-9(12(16)15(3)4)11(14)6-10(8)13/h5-7H,14H2,1-4H3. The van der Waals surface area contributed by atoms with Crippen molar-refractivity contribution < 1.29 is 9.18 Å². The van der Waals surface area contributed by atoms with Crippen molar-refractivity contribution in [1.82, 2.24) is 4.90 Å². The van der Waals surface area contributed by atoms with Gasteiger partial charge in [0.2, 0.25) is 0 Å². The van der Waals surface area contributed by atoms with E-state index in [0.717, 1.165) is 0 Å². The number of anilines is 1. The molecule has 1 aromatic carbocycles. The van der Waals surface area contributed by atoms with Crippen LogP contribution < -0.4 is 5.73 Å². The molecule has 0 atom stereocenters. The lowest BCUT2D eigenvalue weighted by atomic mass is 9.98. The predicted octanol–water partition coefficient (Wildman–Crippen LogP) is 2.23. The molecule has 1 aromatic rings. The van der Waals surface area contributed by atoms with Crippen molar-refractivity contribution in [1.29, 1.82) is 0 Å². The van der Waals surface area contributed by atoms with Gasteiger partial charge < -0.3 is 10.6 Å². The molecule has 0 aliphatic rings. The van der Waals surface area contributed by atoms with Gasteiger partial charge in [0.25, 0.3) is 5.91 Å². The van der Waals surface area contributed by atoms with E-state index in [2.05, 4.69) is 0 Å². The van der Waals surface area contributed by atoms with Crippen molar-refractivity contribution in [2.75, 3.05) is 19.8 Å². The average Bonchev–Trinajstić information content (AvgIpc) is 2.16. The third-order valence-corrected chi connectivity index (χ3v) is 2.43. The SMILES string of the molecule is CC(C)c1cc(C(=O)N(C)C)c(N)cc1F. The van der Waals surface area contributed by atoms with E-state index >= 15 is 0 Å². The lowest BCUT2D eigenvalue weighted by Crippen LogP contribution is -2.23. The first-order chi connectivity index (χ1) is 7.34. The first-order valence-electron chi connectivity index (χ1n) is 5.15. The lowest BCUT2D eigenvalue weighted by Gasteiger charge is -2.15. The van der Waals surface area contributed by atoms with Crippen LogP contribution in [0.5, 0.6) is 0 Å². The van der Waals surface area contributed by atoms with Gasteiger partial charge in [-0.05, 0) is 23.6 Å². The van der Waals surface area contributed by atoms with Gasteiger partial charge in [-0.2, -0.15) is 0 Å². The number of nitrogens with zero attached hydrogens (tertiary/aromatic N) is 1. The monoisotopic (exact) mass is 224 g/mol. The summed E-state index contributed by atoms with van der Waals surface area (Å²) in [4.78, 5) is 13.2. The second-order valence-corrected chi connectivity index (χ2v) is 4.32. The van der Waals surface area contributed by atoms with E-state index in [1.165, 1.54) is 17.0 Å². The highest BCUT2D eigenvalue weighted by Crippen LogP contribution is 2.24. The van der Waals surface area contributed by atoms with Gasteiger partial charge in [-0.25, -0.2) is 4.39 Å². The van der Waals surface area contributed by atoms with Gasteiger partial charge in [-0.1, -0.05) is 13.8 Å². The van der Waals surface area contributed by atoms with Crippen LogP contribution in [-0.2, 0) is 0 Å². The summed E-state index contributed by atoms with van der Waals surface area (Å²) in [7, 11) is 3.28. The minimum absolute atomic E-state index is 0.0225. The van der Waals surface area contributed by atoms with E-state index in [1.807, 2.05) is 13.8 Å². The van der Waals surface area contributed by atoms with E-state index in [0.29, 0.717) is 11.1 Å². The molecule has 0 saturated heterocycles. The van der Waals surface area contributed by atoms with E-state index in [9.17, 15) is 9.18 Å². The summed E-state index contributed by atoms with van der Waals surface area (Å²) in [5.74, 6) is -0.545. The van der Waals surface area contributed by atoms with Crippen LogP contribution in [0.3, 0.4) is 0 Å². The average molecular weight is 224 g/mol. The summed E-state index contributed by atoms with van der Waals surface area (Å²) >= 11 is 0. The minimum atomic E-state index is -0.359. The Labute approximate surface area is 95.0 Å². The second-order valence-electron chi connectivity index (χ2n) is 4.32. The lowest BCUT2D eigenvalue weighted by molar-refractivity contribution is 0.0828. The summed E-state index contributed by atoms with van der Waals surface area (Å²) in [5, 5.41) is 0. The molecule has 0 bridgehead atoms. The minimum Gasteiger partial charge on any atom is -0.398 e. The zero-order chi connectivity index (χ0) is 12.5. The van der Waals surface area contributed by atoms with Gasteiger partial charge in [0.05, 0.1) is 5.56 Å². The van der Waals surface area contributed by atoms with E-state index in [-0.39, 0.29) is 23.3 Å². The van der Waals surface area contributed by atoms with Crippen LogP contribution in [0.2, 0.25) is 0 Å². The molecule has 0 radical (unpaired) electrons. The number of rotatable bonds is 2. The van der Waals surface area contributed by atoms with Crippen molar-refractivity contribution >= 4 is 11.6 Å². The molecule has 3 nitrogen and oxygen atoms in total. The molecule has 0 aliphatic carbocycles. The highest BCUT2D eigenvalue weighted by molar-refractivity contribution is 5.99. The number of hydrogen-bond acceptors (Lipinski definition) is 2. The summed E-state index contributed by atoms with van der Waals surface area (Å²) < 4.78 is 13.5. The van der Waals surface area contributed by atoms with E-state index in [1.54, 1.807) is 14.1 Å². The topological polar surface area (TPSA) is 46.3 Å². The fourth-order valence-corrected chi connectivity index (χ4v) is 1.47. The Balaban J connectivity index is 3.30. The number of nitrogens with two attached hydrogens (primary N) is 1. The zero-order valence-corrected chi connectivity index (χ0v) is 10.0. The number of carbonyl (C=O) groups excluding carboxylic acids is 1. The Kier molecular flexibility index (Phi) is 3.52. The van der Waals surface area contributed by atoms with Crippen molar-refractivity contribution in [2.24, 2.45) is 0 Å². The van der Waals surface area contributed by atoms with E-state index in [4.69, 9.17) is 5.73 Å². The van der Waals surface area contributed by atoms with Crippen LogP contribution in [0, 0.1) is 5.82 Å². The third kappa shape index (κ3) is 2.32. The summed E-state index contributed by atoms with van der Waals surface area (Å²) in [5.41, 5.74) is 6.69. The maximum absolute atomic E-state index is 13.5. The number of halogens is 1. The summed E-state index contributed by atoms with van der Waals surface area (Å²) in [6.07, 6.45) is 0. The first-order valence-corrected chi connectivity index (χ1v) is 5.15. The maximum atomic E-state index is 13.5. The predicted molar refractivity (Wildman–Crippen MR) is 62.9 cm³/mol. The molecule has 16 heavy (non-hydrogen) atoms. The molecule has 0 heterocycles. The first kappa shape index (κ1) is 12.5. The van der Waals surface area contributed by atoms with Crippen LogP contribution in [0.15, 0.2) is 12.1 Å². The summed E-state index contributed by atoms with van der Waals surface area (Å²) in [6.45, 7) is 3.75. The van der Waals surface area contributed by atoms with Crippen molar-refractivity contribution in [3.63, 3.8) is 0 Å². The Bertz CT molecular complexity index is 414. The van der Waals surface area contributed by atoms with Gasteiger partial charge in [-0.15, -0.1) is 0 Å². The number of nitrogen functional groups attached to an aromatic ring is 1. The molecule has 0 aromatic heterocycles. The second kappa shape index (κ2) is 4.51. The molecular weight excluding hydrogens is 207 g/mol. The molecule has 4 heteroatoms. The number of benzene rings is 1. The van der Waals surface area contributed by atoms with Gasteiger partial charge >= 0.3 is 0 Å². The molecule has 1 amide bonds. The molecule has 0 saturated carbocycles. The van der Waals surface area contributed by atoms with Crippen molar-refractivity contribution in [2.45, 2.75) is 19.8 Å². The molecule has 1 rings (SSSR count).